The van der Waals surface area contributed by atoms with Crippen molar-refractivity contribution in [1.29, 1.82) is 0 Å². The summed E-state index contributed by atoms with van der Waals surface area (Å²) < 4.78 is 31.5. The zero-order valence-corrected chi connectivity index (χ0v) is 20.7. The van der Waals surface area contributed by atoms with Gasteiger partial charge in [0, 0.05) is 37.0 Å². The third-order valence-corrected chi connectivity index (χ3v) is 7.37. The maximum atomic E-state index is 12.7. The van der Waals surface area contributed by atoms with Gasteiger partial charge in [-0.25, -0.2) is 23.2 Å². The van der Waals surface area contributed by atoms with Gasteiger partial charge in [-0.2, -0.15) is 4.31 Å². The summed E-state index contributed by atoms with van der Waals surface area (Å²) in [4.78, 5) is 28.6. The van der Waals surface area contributed by atoms with Gasteiger partial charge in [-0.1, -0.05) is 12.1 Å². The summed E-state index contributed by atoms with van der Waals surface area (Å²) in [6.07, 6.45) is 4.93. The van der Waals surface area contributed by atoms with E-state index in [4.69, 9.17) is 14.7 Å². The molecule has 0 atom stereocenters. The van der Waals surface area contributed by atoms with Gasteiger partial charge in [0.15, 0.2) is 5.82 Å². The Labute approximate surface area is 209 Å². The van der Waals surface area contributed by atoms with E-state index in [1.54, 1.807) is 30.6 Å². The molecule has 1 saturated heterocycles. The predicted molar refractivity (Wildman–Crippen MR) is 136 cm³/mol. The van der Waals surface area contributed by atoms with Gasteiger partial charge in [-0.15, -0.1) is 0 Å². The first-order valence-corrected chi connectivity index (χ1v) is 13.5. The smallest absolute Gasteiger partial charge is 0.323 e. The van der Waals surface area contributed by atoms with E-state index >= 15 is 0 Å². The number of hydrogen-bond donors (Lipinski definition) is 2. The van der Waals surface area contributed by atoms with E-state index in [1.807, 2.05) is 18.2 Å². The Morgan fingerprint density at radius 2 is 1.83 bits per heavy atom. The van der Waals surface area contributed by atoms with Crippen molar-refractivity contribution in [2.24, 2.45) is 0 Å². The molecular weight excluding hydrogens is 482 g/mol. The topological polar surface area (TPSA) is 130 Å². The van der Waals surface area contributed by atoms with E-state index in [2.05, 4.69) is 20.5 Å². The highest BCUT2D eigenvalue weighted by Gasteiger charge is 2.30. The lowest BCUT2D eigenvalue weighted by Crippen LogP contribution is -2.40. The van der Waals surface area contributed by atoms with Gasteiger partial charge < -0.3 is 20.3 Å². The predicted octanol–water partition coefficient (Wildman–Crippen LogP) is 2.34. The first kappa shape index (κ1) is 24.1. The van der Waals surface area contributed by atoms with Crippen molar-refractivity contribution < 1.29 is 17.9 Å². The van der Waals surface area contributed by atoms with Crippen LogP contribution >= 0.6 is 0 Å². The van der Waals surface area contributed by atoms with Crippen molar-refractivity contribution in [3.05, 3.63) is 60.0 Å². The average molecular weight is 510 g/mol. The molecule has 2 aliphatic rings. The lowest BCUT2D eigenvalue weighted by molar-refractivity contribution is 0.122. The number of fused-ring (bicyclic) bond motifs is 1. The van der Waals surface area contributed by atoms with E-state index in [9.17, 15) is 13.2 Å². The summed E-state index contributed by atoms with van der Waals surface area (Å²) in [6, 6.07) is 10.3. The number of nitrogens with one attached hydrogen (secondary N) is 2. The molecule has 0 unspecified atom stereocenters. The van der Waals surface area contributed by atoms with Crippen LogP contribution in [0.2, 0.25) is 0 Å². The molecule has 4 heterocycles. The van der Waals surface area contributed by atoms with Crippen LogP contribution in [-0.2, 0) is 27.7 Å². The minimum absolute atomic E-state index is 0.179. The van der Waals surface area contributed by atoms with Crippen LogP contribution in [0.15, 0.2) is 48.8 Å². The molecule has 2 aromatic heterocycles. The summed E-state index contributed by atoms with van der Waals surface area (Å²) in [5, 5.41) is 5.63. The fraction of sp³-hybridized carbons (Fsp3) is 0.333. The molecule has 0 saturated carbocycles. The Balaban J connectivity index is 1.51. The van der Waals surface area contributed by atoms with Gasteiger partial charge in [-0.3, -0.25) is 4.98 Å². The molecule has 0 spiro atoms. The zero-order chi connectivity index (χ0) is 25.1. The number of aromatic nitrogens is 3. The number of carbonyl (C=O) groups excluding carboxylic acids is 1. The Morgan fingerprint density at radius 3 is 2.58 bits per heavy atom. The average Bonchev–Trinajstić information content (AvgIpc) is 2.88. The molecule has 11 nitrogen and oxygen atoms in total. The number of rotatable bonds is 5. The maximum Gasteiger partial charge on any atom is 0.323 e. The van der Waals surface area contributed by atoms with Crippen LogP contribution in [0.25, 0.3) is 11.4 Å². The second kappa shape index (κ2) is 10.2. The summed E-state index contributed by atoms with van der Waals surface area (Å²) in [6.45, 7) is 3.13. The molecule has 2 amide bonds. The van der Waals surface area contributed by atoms with Crippen LogP contribution in [0.5, 0.6) is 0 Å². The Hall–Kier alpha value is -3.61. The Kier molecular flexibility index (Phi) is 6.81. The first-order valence-electron chi connectivity index (χ1n) is 11.6. The van der Waals surface area contributed by atoms with Crippen molar-refractivity contribution in [1.82, 2.24) is 19.3 Å². The second-order valence-corrected chi connectivity index (χ2v) is 10.6. The number of amides is 2. The Bertz CT molecular complexity index is 1360. The van der Waals surface area contributed by atoms with Crippen LogP contribution < -0.4 is 15.5 Å². The summed E-state index contributed by atoms with van der Waals surface area (Å²) >= 11 is 0. The molecule has 2 N–H and O–H groups in total. The number of benzene rings is 1. The number of morpholine rings is 1. The van der Waals surface area contributed by atoms with Gasteiger partial charge in [-0.05, 0) is 30.7 Å². The van der Waals surface area contributed by atoms with E-state index in [1.165, 1.54) is 10.6 Å². The van der Waals surface area contributed by atoms with E-state index in [0.717, 1.165) is 11.4 Å². The van der Waals surface area contributed by atoms with Gasteiger partial charge in [0.1, 0.15) is 5.82 Å². The number of nitrogens with zero attached hydrogens (tertiary/aromatic N) is 5. The van der Waals surface area contributed by atoms with Crippen molar-refractivity contribution in [3.63, 3.8) is 0 Å². The SMILES string of the molecule is CS(=O)(=O)N1CCc2c(nc(-c3ccccc3NC(=O)Nc3cccnc3)nc2N2CCOCC2)C1. The number of hydrogen-bond acceptors (Lipinski definition) is 8. The van der Waals surface area contributed by atoms with Crippen LogP contribution in [0.4, 0.5) is 22.0 Å². The molecule has 0 bridgehead atoms. The first-order chi connectivity index (χ1) is 17.4. The molecule has 2 aliphatic heterocycles. The molecule has 36 heavy (non-hydrogen) atoms. The summed E-state index contributed by atoms with van der Waals surface area (Å²) in [5.41, 5.74) is 3.36. The maximum absolute atomic E-state index is 12.7. The molecule has 1 fully saturated rings. The fourth-order valence-corrected chi connectivity index (χ4v) is 5.12. The number of anilines is 3. The van der Waals surface area contributed by atoms with Crippen molar-refractivity contribution >= 4 is 33.2 Å². The molecule has 0 aliphatic carbocycles. The van der Waals surface area contributed by atoms with Crippen molar-refractivity contribution in [3.8, 4) is 11.4 Å². The molecular formula is C24H27N7O4S. The number of carbonyl (C=O) groups is 1. The molecule has 1 aromatic carbocycles. The number of ether oxygens (including phenoxy) is 1. The van der Waals surface area contributed by atoms with Gasteiger partial charge >= 0.3 is 6.03 Å². The number of pyridine rings is 1. The summed E-state index contributed by atoms with van der Waals surface area (Å²) in [7, 11) is -3.37. The zero-order valence-electron chi connectivity index (χ0n) is 19.8. The van der Waals surface area contributed by atoms with Crippen LogP contribution in [0.1, 0.15) is 11.3 Å². The largest absolute Gasteiger partial charge is 0.378 e. The van der Waals surface area contributed by atoms with Gasteiger partial charge in [0.2, 0.25) is 10.0 Å². The lowest BCUT2D eigenvalue weighted by atomic mass is 10.0. The lowest BCUT2D eigenvalue weighted by Gasteiger charge is -2.33. The fourth-order valence-electron chi connectivity index (χ4n) is 4.34. The van der Waals surface area contributed by atoms with Gasteiger partial charge in [0.25, 0.3) is 0 Å². The number of sulfonamides is 1. The summed E-state index contributed by atoms with van der Waals surface area (Å²) in [5.74, 6) is 1.21. The molecule has 0 radical (unpaired) electrons. The second-order valence-electron chi connectivity index (χ2n) is 8.61. The highest BCUT2D eigenvalue weighted by Crippen LogP contribution is 2.33. The minimum Gasteiger partial charge on any atom is -0.378 e. The standard InChI is InChI=1S/C24H27N7O4S/c1-36(33,34)31-10-8-19-21(16-31)27-22(29-23(19)30-11-13-35-14-12-30)18-6-2-3-7-20(18)28-24(32)26-17-5-4-9-25-15-17/h2-7,9,15H,8,10-14,16H2,1H3,(H2,26,28,32). The van der Waals surface area contributed by atoms with E-state index in [-0.39, 0.29) is 6.54 Å². The van der Waals surface area contributed by atoms with E-state index in [0.29, 0.717) is 67.7 Å². The quantitative estimate of drug-likeness (QED) is 0.536. The molecule has 188 valence electrons. The Morgan fingerprint density at radius 1 is 1.03 bits per heavy atom. The van der Waals surface area contributed by atoms with Crippen LogP contribution in [0, 0.1) is 0 Å². The van der Waals surface area contributed by atoms with Crippen LogP contribution in [-0.4, -0.2) is 72.8 Å². The normalized spacial score (nSPS) is 16.3. The molecule has 5 rings (SSSR count). The molecule has 3 aromatic rings. The van der Waals surface area contributed by atoms with Crippen LogP contribution in [0.3, 0.4) is 0 Å². The third-order valence-electron chi connectivity index (χ3n) is 6.12. The highest BCUT2D eigenvalue weighted by atomic mass is 32.2. The third kappa shape index (κ3) is 5.30. The number of para-hydroxylation sites is 1. The van der Waals surface area contributed by atoms with E-state index < -0.39 is 16.1 Å². The molecule has 12 heteroatoms. The van der Waals surface area contributed by atoms with Crippen molar-refractivity contribution in [2.45, 2.75) is 13.0 Å². The highest BCUT2D eigenvalue weighted by molar-refractivity contribution is 7.88. The van der Waals surface area contributed by atoms with Gasteiger partial charge in [0.05, 0.1) is 49.3 Å². The minimum atomic E-state index is -3.37. The van der Waals surface area contributed by atoms with Crippen molar-refractivity contribution in [2.75, 3.05) is 54.6 Å². The number of urea groups is 1. The monoisotopic (exact) mass is 509 g/mol.